The highest BCUT2D eigenvalue weighted by molar-refractivity contribution is 6.28. The number of amides is 3. The topological polar surface area (TPSA) is 61.4 Å². The van der Waals surface area contributed by atoms with E-state index in [0.29, 0.717) is 0 Å². The Hall–Kier alpha value is -0.810. The number of imide groups is 1. The molecule has 3 amide bonds. The van der Waals surface area contributed by atoms with Crippen molar-refractivity contribution in [3.05, 3.63) is 0 Å². The van der Waals surface area contributed by atoms with Crippen LogP contribution in [-0.2, 0) is 4.79 Å². The monoisotopic (exact) mass is 247 g/mol. The zero-order chi connectivity index (χ0) is 12.0. The summed E-state index contributed by atoms with van der Waals surface area (Å²) >= 11 is 5.28. The van der Waals surface area contributed by atoms with Crippen molar-refractivity contribution in [2.75, 3.05) is 25.5 Å². The van der Waals surface area contributed by atoms with Gasteiger partial charge in [0.15, 0.2) is 0 Å². The molecule has 0 radical (unpaired) electrons. The number of halogens is 1. The number of nitrogens with one attached hydrogen (secondary N) is 2. The molecule has 0 spiro atoms. The van der Waals surface area contributed by atoms with Gasteiger partial charge in [0.2, 0.25) is 5.91 Å². The van der Waals surface area contributed by atoms with Crippen LogP contribution in [0.1, 0.15) is 19.8 Å². The minimum Gasteiger partial charge on any atom is -0.334 e. The fourth-order valence-corrected chi connectivity index (χ4v) is 1.91. The molecule has 16 heavy (non-hydrogen) atoms. The van der Waals surface area contributed by atoms with Gasteiger partial charge in [0.1, 0.15) is 5.88 Å². The van der Waals surface area contributed by atoms with Crippen LogP contribution in [0.5, 0.6) is 0 Å². The van der Waals surface area contributed by atoms with Gasteiger partial charge in [0.05, 0.1) is 0 Å². The van der Waals surface area contributed by atoms with Crippen LogP contribution in [0.25, 0.3) is 0 Å². The smallest absolute Gasteiger partial charge is 0.321 e. The molecule has 1 fully saturated rings. The summed E-state index contributed by atoms with van der Waals surface area (Å²) in [5, 5.41) is 4.95. The first kappa shape index (κ1) is 13.3. The van der Waals surface area contributed by atoms with E-state index in [2.05, 4.69) is 22.5 Å². The summed E-state index contributed by atoms with van der Waals surface area (Å²) in [6.45, 7) is 5.01. The fraction of sp³-hybridized carbons (Fsp3) is 0.800. The molecule has 1 unspecified atom stereocenters. The maximum atomic E-state index is 11.4. The molecule has 0 aromatic rings. The Kier molecular flexibility index (Phi) is 5.55. The van der Waals surface area contributed by atoms with Gasteiger partial charge in [-0.05, 0) is 25.9 Å². The molecule has 0 aliphatic carbocycles. The molecule has 1 atom stereocenters. The standard InChI is InChI=1S/C10H18ClN3O2/c1-2-14-5-3-4-8(7-14)12-10(16)13-9(15)6-11/h8H,2-7H2,1H3,(H2,12,13,15,16). The van der Waals surface area contributed by atoms with Gasteiger partial charge in [-0.2, -0.15) is 0 Å². The minimum atomic E-state index is -0.470. The number of nitrogens with zero attached hydrogens (tertiary/aromatic N) is 1. The summed E-state index contributed by atoms with van der Waals surface area (Å²) in [5.74, 6) is -0.665. The van der Waals surface area contributed by atoms with Gasteiger partial charge in [-0.15, -0.1) is 11.6 Å². The first-order valence-electron chi connectivity index (χ1n) is 5.54. The van der Waals surface area contributed by atoms with Gasteiger partial charge in [0, 0.05) is 12.6 Å². The first-order chi connectivity index (χ1) is 7.65. The fourth-order valence-electron chi connectivity index (χ4n) is 1.84. The molecule has 2 N–H and O–H groups in total. The summed E-state index contributed by atoms with van der Waals surface area (Å²) in [4.78, 5) is 24.5. The maximum absolute atomic E-state index is 11.4. The molecule has 92 valence electrons. The van der Waals surface area contributed by atoms with Gasteiger partial charge in [-0.1, -0.05) is 6.92 Å². The van der Waals surface area contributed by atoms with Crippen molar-refractivity contribution in [3.63, 3.8) is 0 Å². The van der Waals surface area contributed by atoms with E-state index in [1.165, 1.54) is 0 Å². The summed E-state index contributed by atoms with van der Waals surface area (Å²) < 4.78 is 0. The highest BCUT2D eigenvalue weighted by atomic mass is 35.5. The van der Waals surface area contributed by atoms with Crippen molar-refractivity contribution >= 4 is 23.5 Å². The molecule has 0 aromatic heterocycles. The number of carbonyl (C=O) groups excluding carboxylic acids is 2. The summed E-state index contributed by atoms with van der Waals surface area (Å²) in [6, 6.07) is -0.328. The average Bonchev–Trinajstić information content (AvgIpc) is 2.28. The van der Waals surface area contributed by atoms with Gasteiger partial charge >= 0.3 is 6.03 Å². The van der Waals surface area contributed by atoms with Gasteiger partial charge in [-0.3, -0.25) is 10.1 Å². The predicted octanol–water partition coefficient (Wildman–Crippen LogP) is 0.535. The first-order valence-corrected chi connectivity index (χ1v) is 6.07. The Morgan fingerprint density at radius 1 is 1.50 bits per heavy atom. The number of urea groups is 1. The maximum Gasteiger partial charge on any atom is 0.321 e. The largest absolute Gasteiger partial charge is 0.334 e. The van der Waals surface area contributed by atoms with Crippen LogP contribution in [-0.4, -0.2) is 48.4 Å². The minimum absolute atomic E-state index is 0.122. The van der Waals surface area contributed by atoms with Gasteiger partial charge in [0.25, 0.3) is 0 Å². The zero-order valence-electron chi connectivity index (χ0n) is 9.46. The van der Waals surface area contributed by atoms with Crippen LogP contribution < -0.4 is 10.6 Å². The lowest BCUT2D eigenvalue weighted by Crippen LogP contribution is -2.51. The summed E-state index contributed by atoms with van der Waals surface area (Å²) in [7, 11) is 0. The zero-order valence-corrected chi connectivity index (χ0v) is 10.2. The predicted molar refractivity (Wildman–Crippen MR) is 62.5 cm³/mol. The third-order valence-corrected chi connectivity index (χ3v) is 2.91. The number of alkyl halides is 1. The van der Waals surface area contributed by atoms with E-state index < -0.39 is 11.9 Å². The highest BCUT2D eigenvalue weighted by Gasteiger charge is 2.20. The lowest BCUT2D eigenvalue weighted by Gasteiger charge is -2.32. The second-order valence-electron chi connectivity index (χ2n) is 3.89. The summed E-state index contributed by atoms with van der Waals surface area (Å²) in [5.41, 5.74) is 0. The van der Waals surface area contributed by atoms with Crippen molar-refractivity contribution in [1.29, 1.82) is 0 Å². The van der Waals surface area contributed by atoms with E-state index in [-0.39, 0.29) is 11.9 Å². The molecular weight excluding hydrogens is 230 g/mol. The van der Waals surface area contributed by atoms with Crippen molar-refractivity contribution in [1.82, 2.24) is 15.5 Å². The number of likely N-dealkylation sites (N-methyl/N-ethyl adjacent to an activating group) is 1. The quantitative estimate of drug-likeness (QED) is 0.716. The number of carbonyl (C=O) groups is 2. The third-order valence-electron chi connectivity index (χ3n) is 2.66. The van der Waals surface area contributed by atoms with Crippen LogP contribution >= 0.6 is 11.6 Å². The Balaban J connectivity index is 2.30. The van der Waals surface area contributed by atoms with Crippen LogP contribution in [0.3, 0.4) is 0 Å². The lowest BCUT2D eigenvalue weighted by atomic mass is 10.1. The van der Waals surface area contributed by atoms with E-state index in [4.69, 9.17) is 11.6 Å². The van der Waals surface area contributed by atoms with Crippen molar-refractivity contribution < 1.29 is 9.59 Å². The molecule has 1 rings (SSSR count). The van der Waals surface area contributed by atoms with Crippen molar-refractivity contribution in [2.24, 2.45) is 0 Å². The molecule has 0 bridgehead atoms. The Morgan fingerprint density at radius 3 is 2.88 bits per heavy atom. The second kappa shape index (κ2) is 6.70. The van der Waals surface area contributed by atoms with E-state index in [1.54, 1.807) is 0 Å². The number of likely N-dealkylation sites (tertiary alicyclic amines) is 1. The average molecular weight is 248 g/mol. The highest BCUT2D eigenvalue weighted by Crippen LogP contribution is 2.09. The summed E-state index contributed by atoms with van der Waals surface area (Å²) in [6.07, 6.45) is 2.03. The molecule has 0 saturated carbocycles. The Labute approximate surface area is 101 Å². The Morgan fingerprint density at radius 2 is 2.25 bits per heavy atom. The molecule has 0 aromatic carbocycles. The molecule has 1 aliphatic rings. The third kappa shape index (κ3) is 4.37. The molecule has 1 saturated heterocycles. The van der Waals surface area contributed by atoms with Gasteiger partial charge in [-0.25, -0.2) is 4.79 Å². The number of piperidine rings is 1. The van der Waals surface area contributed by atoms with Crippen LogP contribution in [0.2, 0.25) is 0 Å². The SMILES string of the molecule is CCN1CCCC(NC(=O)NC(=O)CCl)C1. The molecule has 6 heteroatoms. The second-order valence-corrected chi connectivity index (χ2v) is 4.15. The Bertz CT molecular complexity index is 260. The molecule has 1 aliphatic heterocycles. The van der Waals surface area contributed by atoms with Crippen molar-refractivity contribution in [3.8, 4) is 0 Å². The lowest BCUT2D eigenvalue weighted by molar-refractivity contribution is -0.117. The molecule has 1 heterocycles. The van der Waals surface area contributed by atoms with Crippen molar-refractivity contribution in [2.45, 2.75) is 25.8 Å². The molecular formula is C10H18ClN3O2. The van der Waals surface area contributed by atoms with Crippen LogP contribution in [0.4, 0.5) is 4.79 Å². The number of hydrogen-bond acceptors (Lipinski definition) is 3. The van der Waals surface area contributed by atoms with Crippen LogP contribution in [0.15, 0.2) is 0 Å². The van der Waals surface area contributed by atoms with E-state index in [1.807, 2.05) is 0 Å². The van der Waals surface area contributed by atoms with E-state index >= 15 is 0 Å². The van der Waals surface area contributed by atoms with Crippen LogP contribution in [0, 0.1) is 0 Å². The number of hydrogen-bond donors (Lipinski definition) is 2. The number of rotatable bonds is 3. The van der Waals surface area contributed by atoms with Gasteiger partial charge < -0.3 is 10.2 Å². The molecule has 5 nitrogen and oxygen atoms in total. The van der Waals surface area contributed by atoms with E-state index in [0.717, 1.165) is 32.5 Å². The normalized spacial score (nSPS) is 21.5. The van der Waals surface area contributed by atoms with E-state index in [9.17, 15) is 9.59 Å².